The topological polar surface area (TPSA) is 107 Å². The van der Waals surface area contributed by atoms with Crippen LogP contribution >= 0.6 is 0 Å². The van der Waals surface area contributed by atoms with E-state index in [0.717, 1.165) is 21.2 Å². The number of urea groups is 1. The van der Waals surface area contributed by atoms with Gasteiger partial charge in [0.05, 0.1) is 20.3 Å². The fourth-order valence-electron chi connectivity index (χ4n) is 4.29. The third-order valence-corrected chi connectivity index (χ3v) is 6.17. The van der Waals surface area contributed by atoms with Crippen molar-refractivity contribution in [3.8, 4) is 11.5 Å². The normalized spacial score (nSPS) is 14.1. The van der Waals surface area contributed by atoms with Gasteiger partial charge in [0.1, 0.15) is 18.1 Å². The maximum atomic E-state index is 13.0. The summed E-state index contributed by atoms with van der Waals surface area (Å²) in [6.07, 6.45) is 1.57. The van der Waals surface area contributed by atoms with Gasteiger partial charge >= 0.3 is 12.0 Å². The number of rotatable bonds is 9. The van der Waals surface area contributed by atoms with Crippen LogP contribution in [0.4, 0.5) is 4.79 Å². The van der Waals surface area contributed by atoms with E-state index in [0.29, 0.717) is 30.3 Å². The number of furan rings is 1. The molecular weight excluding hydrogens is 500 g/mol. The fraction of sp³-hybridized carbons (Fsp3) is 0.167. The standard InChI is InChI=1S/C30H26N2O7/c1-3-37-27-16-19(11-13-25(27)38-18-21-9-6-8-20-7-4-5-10-23(20)21)15-24-28(33)32(30(35)31-24)17-22-12-14-26(39-22)29(34)36-2/h4-16H,3,17-18H2,1-2H3,(H,31,35)/b24-15-. The molecule has 4 aromatic rings. The summed E-state index contributed by atoms with van der Waals surface area (Å²) in [6.45, 7) is 2.52. The van der Waals surface area contributed by atoms with Crippen molar-refractivity contribution in [3.63, 3.8) is 0 Å². The lowest BCUT2D eigenvalue weighted by Crippen LogP contribution is -2.30. The molecule has 5 rings (SSSR count). The highest BCUT2D eigenvalue weighted by Crippen LogP contribution is 2.31. The molecule has 0 unspecified atom stereocenters. The number of hydrogen-bond donors (Lipinski definition) is 1. The predicted octanol–water partition coefficient (Wildman–Crippen LogP) is 5.29. The Morgan fingerprint density at radius 1 is 0.974 bits per heavy atom. The van der Waals surface area contributed by atoms with Crippen LogP contribution < -0.4 is 14.8 Å². The second kappa shape index (κ2) is 11.1. The lowest BCUT2D eigenvalue weighted by Gasteiger charge is -2.14. The highest BCUT2D eigenvalue weighted by atomic mass is 16.5. The van der Waals surface area contributed by atoms with Crippen molar-refractivity contribution < 1.29 is 33.0 Å². The molecule has 1 aliphatic rings. The summed E-state index contributed by atoms with van der Waals surface area (Å²) in [4.78, 5) is 38.1. The third kappa shape index (κ3) is 5.47. The van der Waals surface area contributed by atoms with Crippen LogP contribution in [-0.2, 0) is 22.7 Å². The first-order valence-electron chi connectivity index (χ1n) is 12.3. The summed E-state index contributed by atoms with van der Waals surface area (Å²) in [5.74, 6) is 0.174. The Morgan fingerprint density at radius 3 is 2.62 bits per heavy atom. The van der Waals surface area contributed by atoms with Gasteiger partial charge < -0.3 is 23.9 Å². The van der Waals surface area contributed by atoms with Crippen molar-refractivity contribution in [1.82, 2.24) is 10.2 Å². The first-order chi connectivity index (χ1) is 19.0. The molecule has 0 radical (unpaired) electrons. The molecule has 1 aliphatic heterocycles. The molecule has 3 amide bonds. The van der Waals surface area contributed by atoms with Crippen molar-refractivity contribution in [3.05, 3.63) is 101 Å². The molecule has 198 valence electrons. The van der Waals surface area contributed by atoms with Gasteiger partial charge in [-0.05, 0) is 59.2 Å². The smallest absolute Gasteiger partial charge is 0.373 e. The number of esters is 1. The second-order valence-electron chi connectivity index (χ2n) is 8.70. The summed E-state index contributed by atoms with van der Waals surface area (Å²) >= 11 is 0. The van der Waals surface area contributed by atoms with Crippen LogP contribution in [0, 0.1) is 0 Å². The minimum absolute atomic E-state index is 0.0125. The Labute approximate surface area is 224 Å². The summed E-state index contributed by atoms with van der Waals surface area (Å²) < 4.78 is 21.9. The fourth-order valence-corrected chi connectivity index (χ4v) is 4.29. The number of methoxy groups -OCH3 is 1. The van der Waals surface area contributed by atoms with E-state index in [9.17, 15) is 14.4 Å². The van der Waals surface area contributed by atoms with Gasteiger partial charge in [0.25, 0.3) is 5.91 Å². The van der Waals surface area contributed by atoms with Crippen LogP contribution in [0.5, 0.6) is 11.5 Å². The number of nitrogens with one attached hydrogen (secondary N) is 1. The molecule has 0 atom stereocenters. The number of hydrogen-bond acceptors (Lipinski definition) is 7. The van der Waals surface area contributed by atoms with E-state index in [2.05, 4.69) is 28.3 Å². The molecule has 0 bridgehead atoms. The monoisotopic (exact) mass is 526 g/mol. The minimum atomic E-state index is -0.645. The third-order valence-electron chi connectivity index (χ3n) is 6.17. The van der Waals surface area contributed by atoms with Crippen LogP contribution in [0.25, 0.3) is 16.8 Å². The quantitative estimate of drug-likeness (QED) is 0.179. The van der Waals surface area contributed by atoms with Gasteiger partial charge in [-0.2, -0.15) is 0 Å². The molecule has 2 heterocycles. The van der Waals surface area contributed by atoms with E-state index in [-0.39, 0.29) is 23.8 Å². The minimum Gasteiger partial charge on any atom is -0.490 e. The maximum absolute atomic E-state index is 13.0. The van der Waals surface area contributed by atoms with Crippen LogP contribution in [0.15, 0.2) is 82.9 Å². The van der Waals surface area contributed by atoms with Gasteiger partial charge in [-0.15, -0.1) is 0 Å². The summed E-state index contributed by atoms with van der Waals surface area (Å²) in [5, 5.41) is 4.84. The number of benzene rings is 3. The van der Waals surface area contributed by atoms with Crippen LogP contribution in [0.2, 0.25) is 0 Å². The molecule has 1 aromatic heterocycles. The zero-order chi connectivity index (χ0) is 27.4. The zero-order valence-corrected chi connectivity index (χ0v) is 21.4. The van der Waals surface area contributed by atoms with E-state index in [1.165, 1.54) is 19.2 Å². The Morgan fingerprint density at radius 2 is 1.79 bits per heavy atom. The molecule has 0 saturated carbocycles. The maximum Gasteiger partial charge on any atom is 0.373 e. The van der Waals surface area contributed by atoms with Crippen molar-refractivity contribution >= 4 is 34.8 Å². The van der Waals surface area contributed by atoms with E-state index in [4.69, 9.17) is 13.9 Å². The molecule has 0 spiro atoms. The molecule has 0 aliphatic carbocycles. The number of carbonyl (C=O) groups excluding carboxylic acids is 3. The van der Waals surface area contributed by atoms with E-state index in [1.807, 2.05) is 31.2 Å². The molecule has 1 fully saturated rings. The Hall–Kier alpha value is -5.05. The van der Waals surface area contributed by atoms with E-state index < -0.39 is 17.9 Å². The number of nitrogens with zero attached hydrogens (tertiary/aromatic N) is 1. The van der Waals surface area contributed by atoms with E-state index >= 15 is 0 Å². The molecule has 39 heavy (non-hydrogen) atoms. The Kier molecular flexibility index (Phi) is 7.31. The van der Waals surface area contributed by atoms with Crippen LogP contribution in [0.1, 0.15) is 34.4 Å². The SMILES string of the molecule is CCOc1cc(/C=C2\NC(=O)N(Cc3ccc(C(=O)OC)o3)C2=O)ccc1OCc1cccc2ccccc12. The molecule has 9 heteroatoms. The molecule has 3 aromatic carbocycles. The van der Waals surface area contributed by atoms with Gasteiger partial charge in [0, 0.05) is 0 Å². The van der Waals surface area contributed by atoms with Crippen molar-refractivity contribution in [1.29, 1.82) is 0 Å². The van der Waals surface area contributed by atoms with Gasteiger partial charge in [0.15, 0.2) is 11.5 Å². The van der Waals surface area contributed by atoms with Crippen molar-refractivity contribution in [2.45, 2.75) is 20.1 Å². The second-order valence-corrected chi connectivity index (χ2v) is 8.70. The van der Waals surface area contributed by atoms with Crippen LogP contribution in [0.3, 0.4) is 0 Å². The molecular formula is C30H26N2O7. The number of fused-ring (bicyclic) bond motifs is 1. The zero-order valence-electron chi connectivity index (χ0n) is 21.4. The molecule has 1 N–H and O–H groups in total. The average molecular weight is 527 g/mol. The average Bonchev–Trinajstić information content (AvgIpc) is 3.52. The van der Waals surface area contributed by atoms with Crippen molar-refractivity contribution in [2.24, 2.45) is 0 Å². The number of imide groups is 1. The first kappa shape index (κ1) is 25.6. The Bertz CT molecular complexity index is 1580. The Balaban J connectivity index is 1.32. The lowest BCUT2D eigenvalue weighted by atomic mass is 10.1. The van der Waals surface area contributed by atoms with E-state index in [1.54, 1.807) is 24.3 Å². The number of ether oxygens (including phenoxy) is 3. The first-order valence-corrected chi connectivity index (χ1v) is 12.3. The highest BCUT2D eigenvalue weighted by Gasteiger charge is 2.34. The van der Waals surface area contributed by atoms with Gasteiger partial charge in [-0.3, -0.25) is 9.69 Å². The van der Waals surface area contributed by atoms with Crippen LogP contribution in [-0.4, -0.2) is 36.5 Å². The largest absolute Gasteiger partial charge is 0.490 e. The predicted molar refractivity (Wildman–Crippen MR) is 143 cm³/mol. The number of carbonyl (C=O) groups is 3. The van der Waals surface area contributed by atoms with Gasteiger partial charge in [0.2, 0.25) is 5.76 Å². The molecule has 1 saturated heterocycles. The lowest BCUT2D eigenvalue weighted by molar-refractivity contribution is -0.123. The molecule has 9 nitrogen and oxygen atoms in total. The summed E-state index contributed by atoms with van der Waals surface area (Å²) in [5.41, 5.74) is 1.80. The van der Waals surface area contributed by atoms with Crippen molar-refractivity contribution in [2.75, 3.05) is 13.7 Å². The highest BCUT2D eigenvalue weighted by molar-refractivity contribution is 6.13. The van der Waals surface area contributed by atoms with Gasteiger partial charge in [-0.25, -0.2) is 9.59 Å². The summed E-state index contributed by atoms with van der Waals surface area (Å²) in [6, 6.07) is 21.9. The number of amides is 3. The van der Waals surface area contributed by atoms with Gasteiger partial charge in [-0.1, -0.05) is 48.5 Å². The summed E-state index contributed by atoms with van der Waals surface area (Å²) in [7, 11) is 1.24.